The van der Waals surface area contributed by atoms with Gasteiger partial charge in [0.1, 0.15) is 17.7 Å². The average Bonchev–Trinajstić information content (AvgIpc) is 2.31. The lowest BCUT2D eigenvalue weighted by molar-refractivity contribution is 0.214. The molecule has 0 heterocycles. The highest BCUT2D eigenvalue weighted by Crippen LogP contribution is 2.31. The van der Waals surface area contributed by atoms with Gasteiger partial charge in [0.25, 0.3) is 0 Å². The quantitative estimate of drug-likeness (QED) is 0.605. The number of hydrogen-bond acceptors (Lipinski definition) is 1. The van der Waals surface area contributed by atoms with Gasteiger partial charge in [0.15, 0.2) is 0 Å². The third kappa shape index (κ3) is 3.42. The van der Waals surface area contributed by atoms with E-state index in [1.165, 1.54) is 0 Å². The minimum Gasteiger partial charge on any atom is -0.384 e. The Bertz CT molecular complexity index is 611. The van der Waals surface area contributed by atoms with Crippen LogP contribution in [0.25, 0.3) is 0 Å². The first-order valence-corrected chi connectivity index (χ1v) is 7.55. The van der Waals surface area contributed by atoms with Crippen molar-refractivity contribution in [3.8, 4) is 0 Å². The number of hydrogen-bond donors (Lipinski definition) is 1. The molecule has 2 aromatic rings. The van der Waals surface area contributed by atoms with E-state index in [2.05, 4.69) is 47.8 Å². The van der Waals surface area contributed by atoms with Crippen LogP contribution in [0.4, 0.5) is 8.78 Å². The molecule has 0 spiro atoms. The van der Waals surface area contributed by atoms with E-state index in [9.17, 15) is 13.9 Å². The molecule has 0 radical (unpaired) electrons. The van der Waals surface area contributed by atoms with Crippen molar-refractivity contribution < 1.29 is 13.9 Å². The van der Waals surface area contributed by atoms with E-state index in [0.29, 0.717) is 5.56 Å². The van der Waals surface area contributed by atoms with Gasteiger partial charge >= 0.3 is 0 Å². The maximum absolute atomic E-state index is 13.8. The molecule has 1 nitrogen and oxygen atoms in total. The third-order valence-corrected chi connectivity index (χ3v) is 4.06. The molecule has 0 saturated carbocycles. The lowest BCUT2D eigenvalue weighted by atomic mass is 10.0. The topological polar surface area (TPSA) is 20.2 Å². The maximum atomic E-state index is 13.8. The van der Waals surface area contributed by atoms with Crippen LogP contribution in [-0.2, 0) is 0 Å². The molecule has 2 aromatic carbocycles. The monoisotopic (exact) mass is 454 g/mol. The molecular weight excluding hydrogens is 450 g/mol. The van der Waals surface area contributed by atoms with Crippen molar-refractivity contribution in [3.63, 3.8) is 0 Å². The lowest BCUT2D eigenvalue weighted by Crippen LogP contribution is -2.04. The Labute approximate surface area is 134 Å². The summed E-state index contributed by atoms with van der Waals surface area (Å²) in [6.45, 7) is 0. The number of aliphatic hydroxyl groups excluding tert-OH is 1. The molecule has 1 atom stereocenters. The van der Waals surface area contributed by atoms with Gasteiger partial charge in [-0.3, -0.25) is 0 Å². The van der Waals surface area contributed by atoms with Gasteiger partial charge in [-0.15, -0.1) is 0 Å². The molecule has 6 heteroatoms. The summed E-state index contributed by atoms with van der Waals surface area (Å²) < 4.78 is 28.7. The highest BCUT2D eigenvalue weighted by molar-refractivity contribution is 9.11. The molecule has 0 fully saturated rings. The van der Waals surface area contributed by atoms with Crippen LogP contribution in [-0.4, -0.2) is 5.11 Å². The first-order valence-electron chi connectivity index (χ1n) is 5.17. The highest BCUT2D eigenvalue weighted by atomic mass is 79.9. The minimum absolute atomic E-state index is 0.0244. The van der Waals surface area contributed by atoms with Crippen LogP contribution in [0.2, 0.25) is 0 Å². The molecule has 1 N–H and O–H groups in total. The van der Waals surface area contributed by atoms with E-state index in [4.69, 9.17) is 0 Å². The zero-order chi connectivity index (χ0) is 14.2. The standard InChI is InChI=1S/C13H7Br3F2O/c14-7-1-6(2-8(15)3-7)13(19)9-4-12(18)10(16)5-11(9)17/h1-5,13,19H. The fourth-order valence-corrected chi connectivity index (χ4v) is 3.30. The summed E-state index contributed by atoms with van der Waals surface area (Å²) in [6, 6.07) is 7.07. The van der Waals surface area contributed by atoms with Gasteiger partial charge in [0.05, 0.1) is 4.47 Å². The van der Waals surface area contributed by atoms with E-state index in [-0.39, 0.29) is 10.0 Å². The summed E-state index contributed by atoms with van der Waals surface area (Å²) in [5.41, 5.74) is 0.354. The van der Waals surface area contributed by atoms with Crippen LogP contribution in [0.15, 0.2) is 43.7 Å². The van der Waals surface area contributed by atoms with Crippen molar-refractivity contribution in [3.05, 3.63) is 66.5 Å². The van der Waals surface area contributed by atoms with Crippen molar-refractivity contribution in [1.82, 2.24) is 0 Å². The molecule has 0 aliphatic heterocycles. The van der Waals surface area contributed by atoms with Crippen molar-refractivity contribution in [1.29, 1.82) is 0 Å². The molecule has 0 amide bonds. The van der Waals surface area contributed by atoms with Gasteiger partial charge < -0.3 is 5.11 Å². The third-order valence-electron chi connectivity index (χ3n) is 2.53. The van der Waals surface area contributed by atoms with E-state index in [0.717, 1.165) is 21.1 Å². The fraction of sp³-hybridized carbons (Fsp3) is 0.0769. The summed E-state index contributed by atoms with van der Waals surface area (Å²) in [4.78, 5) is 0. The zero-order valence-corrected chi connectivity index (χ0v) is 14.1. The van der Waals surface area contributed by atoms with Crippen LogP contribution >= 0.6 is 47.8 Å². The largest absolute Gasteiger partial charge is 0.384 e. The zero-order valence-electron chi connectivity index (χ0n) is 9.30. The molecule has 2 rings (SSSR count). The summed E-state index contributed by atoms with van der Waals surface area (Å²) >= 11 is 9.46. The van der Waals surface area contributed by atoms with E-state index in [1.807, 2.05) is 0 Å². The molecular formula is C13H7Br3F2O. The van der Waals surface area contributed by atoms with Crippen molar-refractivity contribution in [2.24, 2.45) is 0 Å². The molecule has 0 aliphatic carbocycles. The molecule has 0 aromatic heterocycles. The number of benzene rings is 2. The van der Waals surface area contributed by atoms with Gasteiger partial charge in [0.2, 0.25) is 0 Å². The summed E-state index contributed by atoms with van der Waals surface area (Å²) in [6.07, 6.45) is -1.24. The van der Waals surface area contributed by atoms with Crippen molar-refractivity contribution >= 4 is 47.8 Å². The molecule has 1 unspecified atom stereocenters. The molecule has 0 aliphatic rings. The van der Waals surface area contributed by atoms with Crippen LogP contribution in [0.5, 0.6) is 0 Å². The smallest absolute Gasteiger partial charge is 0.137 e. The number of rotatable bonds is 2. The van der Waals surface area contributed by atoms with Crippen molar-refractivity contribution in [2.75, 3.05) is 0 Å². The van der Waals surface area contributed by atoms with Crippen LogP contribution in [0, 0.1) is 11.6 Å². The Balaban J connectivity index is 2.49. The summed E-state index contributed by atoms with van der Waals surface area (Å²) in [5.74, 6) is -1.29. The first-order chi connectivity index (χ1) is 8.88. The van der Waals surface area contributed by atoms with Gasteiger partial charge in [-0.1, -0.05) is 31.9 Å². The van der Waals surface area contributed by atoms with Gasteiger partial charge in [-0.2, -0.15) is 0 Å². The first kappa shape index (κ1) is 15.1. The normalized spacial score (nSPS) is 12.5. The minimum atomic E-state index is -1.24. The molecule has 0 saturated heterocycles. The van der Waals surface area contributed by atoms with E-state index < -0.39 is 17.7 Å². The highest BCUT2D eigenvalue weighted by Gasteiger charge is 2.18. The second kappa shape index (κ2) is 5.99. The number of aliphatic hydroxyl groups is 1. The summed E-state index contributed by atoms with van der Waals surface area (Å²) in [7, 11) is 0. The molecule has 19 heavy (non-hydrogen) atoms. The lowest BCUT2D eigenvalue weighted by Gasteiger charge is -2.14. The van der Waals surface area contributed by atoms with E-state index in [1.54, 1.807) is 18.2 Å². The Morgan fingerprint density at radius 2 is 1.42 bits per heavy atom. The van der Waals surface area contributed by atoms with Crippen LogP contribution in [0.1, 0.15) is 17.2 Å². The second-order valence-electron chi connectivity index (χ2n) is 3.89. The van der Waals surface area contributed by atoms with Gasteiger partial charge in [-0.05, 0) is 51.8 Å². The van der Waals surface area contributed by atoms with Crippen LogP contribution in [0.3, 0.4) is 0 Å². The Kier molecular flexibility index (Phi) is 4.76. The average molecular weight is 457 g/mol. The van der Waals surface area contributed by atoms with Crippen molar-refractivity contribution in [2.45, 2.75) is 6.10 Å². The second-order valence-corrected chi connectivity index (χ2v) is 6.58. The fourth-order valence-electron chi connectivity index (χ4n) is 1.66. The number of halogens is 5. The van der Waals surface area contributed by atoms with Gasteiger partial charge in [0, 0.05) is 14.5 Å². The van der Waals surface area contributed by atoms with E-state index >= 15 is 0 Å². The Morgan fingerprint density at radius 1 is 0.842 bits per heavy atom. The Hall–Kier alpha value is -0.300. The Morgan fingerprint density at radius 3 is 2.00 bits per heavy atom. The van der Waals surface area contributed by atoms with Crippen LogP contribution < -0.4 is 0 Å². The predicted molar refractivity (Wildman–Crippen MR) is 80.0 cm³/mol. The summed E-state index contributed by atoms with van der Waals surface area (Å²) in [5, 5.41) is 10.2. The predicted octanol–water partition coefficient (Wildman–Crippen LogP) is 5.33. The molecule has 100 valence electrons. The SMILES string of the molecule is OC(c1cc(Br)cc(Br)c1)c1cc(F)c(Br)cc1F. The maximum Gasteiger partial charge on any atom is 0.137 e. The van der Waals surface area contributed by atoms with Gasteiger partial charge in [-0.25, -0.2) is 8.78 Å². The molecule has 0 bridgehead atoms.